The largest absolute Gasteiger partial charge is 0.494 e. The number of hydrogen-bond donors (Lipinski definition) is 2. The van der Waals surface area contributed by atoms with Crippen molar-refractivity contribution in [3.05, 3.63) is 70.4 Å². The van der Waals surface area contributed by atoms with E-state index in [1.54, 1.807) is 4.68 Å². The third kappa shape index (κ3) is 3.63. The lowest BCUT2D eigenvalue weighted by atomic mass is 9.94. The van der Waals surface area contributed by atoms with E-state index in [0.717, 1.165) is 28.1 Å². The van der Waals surface area contributed by atoms with Gasteiger partial charge < -0.3 is 15.4 Å². The van der Waals surface area contributed by atoms with Gasteiger partial charge in [-0.3, -0.25) is 4.79 Å². The summed E-state index contributed by atoms with van der Waals surface area (Å²) in [6.07, 6.45) is 0. The van der Waals surface area contributed by atoms with E-state index in [9.17, 15) is 4.79 Å². The predicted molar refractivity (Wildman–Crippen MR) is 114 cm³/mol. The van der Waals surface area contributed by atoms with Gasteiger partial charge in [-0.15, -0.1) is 0 Å². The number of rotatable bonds is 5. The minimum absolute atomic E-state index is 0.202. The Hall–Kier alpha value is -3.68. The average molecular weight is 404 g/mol. The molecule has 2 heterocycles. The fourth-order valence-corrected chi connectivity index (χ4v) is 3.67. The van der Waals surface area contributed by atoms with Gasteiger partial charge in [-0.2, -0.15) is 4.68 Å². The lowest BCUT2D eigenvalue weighted by Crippen LogP contribution is -2.31. The highest BCUT2D eigenvalue weighted by Crippen LogP contribution is 2.35. The van der Waals surface area contributed by atoms with Crippen molar-refractivity contribution in [1.29, 1.82) is 0 Å². The molecule has 1 amide bonds. The lowest BCUT2D eigenvalue weighted by Gasteiger charge is -2.28. The zero-order chi connectivity index (χ0) is 21.3. The summed E-state index contributed by atoms with van der Waals surface area (Å²) in [5, 5.41) is 18.1. The van der Waals surface area contributed by atoms with Crippen LogP contribution in [0.2, 0.25) is 0 Å². The Morgan fingerprint density at radius 3 is 2.63 bits per heavy atom. The molecule has 4 rings (SSSR count). The Morgan fingerprint density at radius 2 is 1.93 bits per heavy atom. The van der Waals surface area contributed by atoms with E-state index in [0.29, 0.717) is 23.8 Å². The van der Waals surface area contributed by atoms with Crippen LogP contribution in [0.3, 0.4) is 0 Å². The summed E-state index contributed by atoms with van der Waals surface area (Å²) < 4.78 is 7.17. The molecule has 8 heteroatoms. The maximum Gasteiger partial charge on any atom is 0.255 e. The molecule has 1 aliphatic rings. The number of carbonyl (C=O) groups is 1. The Bertz CT molecular complexity index is 1120. The number of benzene rings is 2. The van der Waals surface area contributed by atoms with Gasteiger partial charge in [-0.05, 0) is 67.4 Å². The number of fused-ring (bicyclic) bond motifs is 1. The van der Waals surface area contributed by atoms with Crippen LogP contribution >= 0.6 is 0 Å². The minimum atomic E-state index is -0.460. The van der Waals surface area contributed by atoms with Gasteiger partial charge in [0, 0.05) is 11.4 Å². The molecular formula is C22H24N6O2. The van der Waals surface area contributed by atoms with Crippen molar-refractivity contribution in [1.82, 2.24) is 20.2 Å². The maximum absolute atomic E-state index is 13.4. The van der Waals surface area contributed by atoms with Gasteiger partial charge >= 0.3 is 0 Å². The van der Waals surface area contributed by atoms with Gasteiger partial charge in [0.2, 0.25) is 5.95 Å². The summed E-state index contributed by atoms with van der Waals surface area (Å²) in [7, 11) is 0. The molecule has 154 valence electrons. The number of carbonyl (C=O) groups excluding carboxylic acids is 1. The maximum atomic E-state index is 13.4. The first kappa shape index (κ1) is 19.6. The zero-order valence-corrected chi connectivity index (χ0v) is 17.4. The third-order valence-corrected chi connectivity index (χ3v) is 5.10. The predicted octanol–water partition coefficient (Wildman–Crippen LogP) is 3.62. The number of ether oxygens (including phenoxy) is 1. The number of aryl methyl sites for hydroxylation is 2. The number of aromatic nitrogens is 4. The fourth-order valence-electron chi connectivity index (χ4n) is 3.67. The minimum Gasteiger partial charge on any atom is -0.494 e. The van der Waals surface area contributed by atoms with Gasteiger partial charge in [-0.25, -0.2) is 0 Å². The molecule has 0 spiro atoms. The van der Waals surface area contributed by atoms with Crippen LogP contribution in [0.15, 0.2) is 53.7 Å². The summed E-state index contributed by atoms with van der Waals surface area (Å²) in [4.78, 5) is 13.4. The second-order valence-corrected chi connectivity index (χ2v) is 7.29. The number of anilines is 2. The Morgan fingerprint density at radius 1 is 1.17 bits per heavy atom. The number of amides is 1. The van der Waals surface area contributed by atoms with Crippen molar-refractivity contribution >= 4 is 17.5 Å². The molecule has 2 aromatic carbocycles. The molecule has 0 radical (unpaired) electrons. The summed E-state index contributed by atoms with van der Waals surface area (Å²) in [6, 6.07) is 13.1. The van der Waals surface area contributed by atoms with E-state index in [4.69, 9.17) is 4.74 Å². The van der Waals surface area contributed by atoms with Gasteiger partial charge in [0.05, 0.1) is 12.2 Å². The Kier molecular flexibility index (Phi) is 5.22. The number of tetrazole rings is 1. The molecule has 1 unspecified atom stereocenters. The van der Waals surface area contributed by atoms with Crippen LogP contribution in [-0.4, -0.2) is 32.7 Å². The van der Waals surface area contributed by atoms with Crippen LogP contribution in [-0.2, 0) is 4.79 Å². The van der Waals surface area contributed by atoms with Crippen molar-refractivity contribution in [2.75, 3.05) is 17.2 Å². The van der Waals surface area contributed by atoms with Gasteiger partial charge in [0.15, 0.2) is 0 Å². The summed E-state index contributed by atoms with van der Waals surface area (Å²) in [6.45, 7) is 8.39. The standard InChI is InChI=1S/C22H24N6O2/c1-5-30-17-9-7-16(8-10-17)20-19(15(4)23-22-25-26-27-28(20)22)21(29)24-18-11-6-13(2)12-14(18)3/h6-12,20H,5H2,1-4H3,(H,24,29)(H,23,25,27). The topological polar surface area (TPSA) is 94.0 Å². The number of nitrogens with one attached hydrogen (secondary N) is 2. The molecular weight excluding hydrogens is 380 g/mol. The molecule has 0 saturated carbocycles. The van der Waals surface area contributed by atoms with E-state index < -0.39 is 6.04 Å². The average Bonchev–Trinajstić information content (AvgIpc) is 3.18. The molecule has 1 aromatic heterocycles. The molecule has 2 N–H and O–H groups in total. The van der Waals surface area contributed by atoms with Crippen molar-refractivity contribution in [2.45, 2.75) is 33.7 Å². The van der Waals surface area contributed by atoms with Crippen LogP contribution in [0.5, 0.6) is 5.75 Å². The van der Waals surface area contributed by atoms with E-state index in [1.807, 2.05) is 70.2 Å². The van der Waals surface area contributed by atoms with Crippen LogP contribution in [0.4, 0.5) is 11.6 Å². The third-order valence-electron chi connectivity index (χ3n) is 5.10. The van der Waals surface area contributed by atoms with Crippen molar-refractivity contribution in [3.8, 4) is 5.75 Å². The first-order valence-corrected chi connectivity index (χ1v) is 9.85. The number of allylic oxidation sites excluding steroid dienone is 1. The zero-order valence-electron chi connectivity index (χ0n) is 17.4. The highest BCUT2D eigenvalue weighted by molar-refractivity contribution is 6.06. The molecule has 0 aliphatic carbocycles. The second-order valence-electron chi connectivity index (χ2n) is 7.29. The van der Waals surface area contributed by atoms with Gasteiger partial charge in [0.1, 0.15) is 11.8 Å². The highest BCUT2D eigenvalue weighted by atomic mass is 16.5. The van der Waals surface area contributed by atoms with Crippen molar-refractivity contribution in [2.24, 2.45) is 0 Å². The molecule has 0 saturated heterocycles. The molecule has 1 atom stereocenters. The van der Waals surface area contributed by atoms with Crippen LogP contribution in [0.25, 0.3) is 0 Å². The summed E-state index contributed by atoms with van der Waals surface area (Å²) in [5.74, 6) is 1.07. The fraction of sp³-hybridized carbons (Fsp3) is 0.273. The first-order valence-electron chi connectivity index (χ1n) is 9.85. The Balaban J connectivity index is 1.72. The lowest BCUT2D eigenvalue weighted by molar-refractivity contribution is -0.113. The first-order chi connectivity index (χ1) is 14.5. The normalized spacial score (nSPS) is 15.4. The van der Waals surface area contributed by atoms with E-state index in [-0.39, 0.29) is 5.91 Å². The quantitative estimate of drug-likeness (QED) is 0.675. The molecule has 30 heavy (non-hydrogen) atoms. The SMILES string of the molecule is CCOc1ccc(C2C(C(=O)Nc3ccc(C)cc3C)=C(C)Nc3nnnn32)cc1. The van der Waals surface area contributed by atoms with Crippen molar-refractivity contribution in [3.63, 3.8) is 0 Å². The number of hydrogen-bond acceptors (Lipinski definition) is 6. The smallest absolute Gasteiger partial charge is 0.255 e. The summed E-state index contributed by atoms with van der Waals surface area (Å²) >= 11 is 0. The van der Waals surface area contributed by atoms with Crippen LogP contribution in [0, 0.1) is 13.8 Å². The molecule has 1 aliphatic heterocycles. The van der Waals surface area contributed by atoms with Crippen molar-refractivity contribution < 1.29 is 9.53 Å². The van der Waals surface area contributed by atoms with Crippen LogP contribution < -0.4 is 15.4 Å². The molecule has 0 fully saturated rings. The van der Waals surface area contributed by atoms with E-state index in [2.05, 4.69) is 26.2 Å². The molecule has 8 nitrogen and oxygen atoms in total. The van der Waals surface area contributed by atoms with Gasteiger partial charge in [0.25, 0.3) is 5.91 Å². The molecule has 3 aromatic rings. The molecule has 0 bridgehead atoms. The van der Waals surface area contributed by atoms with E-state index >= 15 is 0 Å². The number of nitrogens with zero attached hydrogens (tertiary/aromatic N) is 4. The van der Waals surface area contributed by atoms with Crippen LogP contribution in [0.1, 0.15) is 36.6 Å². The van der Waals surface area contributed by atoms with Gasteiger partial charge in [-0.1, -0.05) is 34.9 Å². The second kappa shape index (κ2) is 7.98. The monoisotopic (exact) mass is 404 g/mol. The van der Waals surface area contributed by atoms with E-state index in [1.165, 1.54) is 0 Å². The highest BCUT2D eigenvalue weighted by Gasteiger charge is 2.34. The summed E-state index contributed by atoms with van der Waals surface area (Å²) in [5.41, 5.74) is 5.08. The Labute approximate surface area is 174 Å².